The molecule has 0 fully saturated rings. The Morgan fingerprint density at radius 2 is 1.87 bits per heavy atom. The topological polar surface area (TPSA) is 37.3 Å². The minimum Gasteiger partial charge on any atom is -0.278 e. The number of anilines is 1. The van der Waals surface area contributed by atoms with Crippen molar-refractivity contribution in [3.63, 3.8) is 0 Å². The van der Waals surface area contributed by atoms with Gasteiger partial charge in [0.2, 0.25) is 0 Å². The van der Waals surface area contributed by atoms with Crippen LogP contribution < -0.4 is 5.43 Å². The molecule has 3 rings (SSSR count). The van der Waals surface area contributed by atoms with Crippen LogP contribution in [0.25, 0.3) is 10.9 Å². The molecular weight excluding hydrogens is 306 g/mol. The third-order valence-electron chi connectivity index (χ3n) is 3.71. The normalized spacial score (nSPS) is 11.5. The van der Waals surface area contributed by atoms with Gasteiger partial charge in [0, 0.05) is 16.6 Å². The zero-order valence-electron chi connectivity index (χ0n) is 13.1. The summed E-state index contributed by atoms with van der Waals surface area (Å²) >= 11 is 6.00. The van der Waals surface area contributed by atoms with Gasteiger partial charge in [0.05, 0.1) is 17.4 Å². The molecule has 3 nitrogen and oxygen atoms in total. The van der Waals surface area contributed by atoms with E-state index in [1.54, 1.807) is 6.20 Å². The number of benzene rings is 2. The number of nitrogens with one attached hydrogen (secondary N) is 1. The maximum atomic E-state index is 6.00. The molecule has 1 aromatic heterocycles. The van der Waals surface area contributed by atoms with Crippen molar-refractivity contribution in [1.82, 2.24) is 4.98 Å². The summed E-state index contributed by atoms with van der Waals surface area (Å²) in [5.74, 6) is 0.536. The van der Waals surface area contributed by atoms with Crippen LogP contribution in [0.5, 0.6) is 0 Å². The van der Waals surface area contributed by atoms with Gasteiger partial charge in [-0.15, -0.1) is 0 Å². The Kier molecular flexibility index (Phi) is 4.58. The highest BCUT2D eigenvalue weighted by molar-refractivity contribution is 6.31. The van der Waals surface area contributed by atoms with Gasteiger partial charge >= 0.3 is 0 Å². The maximum absolute atomic E-state index is 6.00. The molecule has 0 aliphatic heterocycles. The Balaban J connectivity index is 1.77. The van der Waals surface area contributed by atoms with E-state index in [2.05, 4.69) is 53.6 Å². The van der Waals surface area contributed by atoms with E-state index < -0.39 is 0 Å². The fraction of sp³-hybridized carbons (Fsp3) is 0.158. The lowest BCUT2D eigenvalue weighted by Gasteiger charge is -2.06. The Hall–Kier alpha value is -2.39. The predicted octanol–water partition coefficient (Wildman–Crippen LogP) is 5.46. The molecule has 23 heavy (non-hydrogen) atoms. The highest BCUT2D eigenvalue weighted by Gasteiger charge is 2.01. The maximum Gasteiger partial charge on any atom is 0.0738 e. The lowest BCUT2D eigenvalue weighted by atomic mass is 10.0. The summed E-state index contributed by atoms with van der Waals surface area (Å²) in [6.45, 7) is 4.37. The molecule has 4 heteroatoms. The van der Waals surface area contributed by atoms with Crippen molar-refractivity contribution in [2.45, 2.75) is 19.8 Å². The number of fused-ring (bicyclic) bond motifs is 1. The van der Waals surface area contributed by atoms with Crippen molar-refractivity contribution >= 4 is 34.4 Å². The molecule has 0 aliphatic rings. The quantitative estimate of drug-likeness (QED) is 0.511. The largest absolute Gasteiger partial charge is 0.278 e. The Labute approximate surface area is 141 Å². The number of rotatable bonds is 4. The van der Waals surface area contributed by atoms with Crippen LogP contribution in [0.3, 0.4) is 0 Å². The molecular formula is C19H18ClN3. The monoisotopic (exact) mass is 323 g/mol. The number of pyridine rings is 1. The van der Waals surface area contributed by atoms with Crippen LogP contribution in [-0.2, 0) is 0 Å². The Bertz CT molecular complexity index is 839. The molecule has 0 saturated carbocycles. The first kappa shape index (κ1) is 15.5. The van der Waals surface area contributed by atoms with Gasteiger partial charge in [-0.3, -0.25) is 10.4 Å². The summed E-state index contributed by atoms with van der Waals surface area (Å²) in [5, 5.41) is 5.99. The van der Waals surface area contributed by atoms with Gasteiger partial charge in [0.25, 0.3) is 0 Å². The number of halogens is 1. The standard InChI is InChI=1S/C19H18ClN3/c1-13(2)15-5-3-14(4-6-15)12-22-23-18-9-10-21-19-11-16(20)7-8-17(18)19/h3-13H,1-2H3,(H,21,23)/b22-12+. The average molecular weight is 324 g/mol. The molecule has 116 valence electrons. The molecule has 0 atom stereocenters. The third-order valence-corrected chi connectivity index (χ3v) is 3.94. The van der Waals surface area contributed by atoms with Crippen molar-refractivity contribution in [2.24, 2.45) is 5.10 Å². The first-order valence-corrected chi connectivity index (χ1v) is 7.94. The first-order chi connectivity index (χ1) is 11.1. The van der Waals surface area contributed by atoms with Gasteiger partial charge in [-0.25, -0.2) is 0 Å². The van der Waals surface area contributed by atoms with E-state index in [0.29, 0.717) is 10.9 Å². The van der Waals surface area contributed by atoms with Crippen LogP contribution in [0.1, 0.15) is 30.9 Å². The Morgan fingerprint density at radius 1 is 1.09 bits per heavy atom. The van der Waals surface area contributed by atoms with Gasteiger partial charge in [-0.1, -0.05) is 49.7 Å². The predicted molar refractivity (Wildman–Crippen MR) is 98.5 cm³/mol. The number of hydrazone groups is 1. The third kappa shape index (κ3) is 3.69. The second-order valence-electron chi connectivity index (χ2n) is 5.71. The molecule has 0 aliphatic carbocycles. The summed E-state index contributed by atoms with van der Waals surface area (Å²) in [4.78, 5) is 4.32. The van der Waals surface area contributed by atoms with E-state index in [-0.39, 0.29) is 0 Å². The minimum atomic E-state index is 0.536. The van der Waals surface area contributed by atoms with Gasteiger partial charge in [-0.05, 0) is 41.3 Å². The van der Waals surface area contributed by atoms with Crippen molar-refractivity contribution < 1.29 is 0 Å². The SMILES string of the molecule is CC(C)c1ccc(/C=N/Nc2ccnc3cc(Cl)ccc23)cc1. The summed E-state index contributed by atoms with van der Waals surface area (Å²) in [7, 11) is 0. The van der Waals surface area contributed by atoms with Crippen molar-refractivity contribution in [3.8, 4) is 0 Å². The van der Waals surface area contributed by atoms with E-state index in [0.717, 1.165) is 22.2 Å². The second-order valence-corrected chi connectivity index (χ2v) is 6.15. The molecule has 1 N–H and O–H groups in total. The molecule has 0 spiro atoms. The first-order valence-electron chi connectivity index (χ1n) is 7.57. The van der Waals surface area contributed by atoms with E-state index in [4.69, 9.17) is 11.6 Å². The van der Waals surface area contributed by atoms with Gasteiger partial charge in [0.15, 0.2) is 0 Å². The number of hydrogen-bond acceptors (Lipinski definition) is 3. The molecule has 0 bridgehead atoms. The summed E-state index contributed by atoms with van der Waals surface area (Å²) in [6.07, 6.45) is 3.56. The van der Waals surface area contributed by atoms with Crippen LogP contribution in [0.15, 0.2) is 59.8 Å². The molecule has 0 unspecified atom stereocenters. The van der Waals surface area contributed by atoms with E-state index in [1.807, 2.05) is 30.5 Å². The fourth-order valence-corrected chi connectivity index (χ4v) is 2.53. The molecule has 1 heterocycles. The summed E-state index contributed by atoms with van der Waals surface area (Å²) in [5.41, 5.74) is 7.21. The average Bonchev–Trinajstić information content (AvgIpc) is 2.55. The highest BCUT2D eigenvalue weighted by atomic mass is 35.5. The molecule has 0 saturated heterocycles. The number of aromatic nitrogens is 1. The van der Waals surface area contributed by atoms with Crippen LogP contribution in [0.2, 0.25) is 5.02 Å². The highest BCUT2D eigenvalue weighted by Crippen LogP contribution is 2.24. The van der Waals surface area contributed by atoms with Crippen molar-refractivity contribution in [1.29, 1.82) is 0 Å². The second kappa shape index (κ2) is 6.80. The smallest absolute Gasteiger partial charge is 0.0738 e. The van der Waals surface area contributed by atoms with E-state index in [1.165, 1.54) is 5.56 Å². The van der Waals surface area contributed by atoms with Gasteiger partial charge in [-0.2, -0.15) is 5.10 Å². The zero-order valence-corrected chi connectivity index (χ0v) is 13.9. The van der Waals surface area contributed by atoms with Gasteiger partial charge in [0.1, 0.15) is 0 Å². The summed E-state index contributed by atoms with van der Waals surface area (Å²) in [6, 6.07) is 16.0. The van der Waals surface area contributed by atoms with Crippen LogP contribution in [0.4, 0.5) is 5.69 Å². The number of nitrogens with zero attached hydrogens (tertiary/aromatic N) is 2. The summed E-state index contributed by atoms with van der Waals surface area (Å²) < 4.78 is 0. The lowest BCUT2D eigenvalue weighted by Crippen LogP contribution is -1.93. The molecule has 0 radical (unpaired) electrons. The van der Waals surface area contributed by atoms with E-state index >= 15 is 0 Å². The van der Waals surface area contributed by atoms with E-state index in [9.17, 15) is 0 Å². The zero-order chi connectivity index (χ0) is 16.2. The number of hydrogen-bond donors (Lipinski definition) is 1. The van der Waals surface area contributed by atoms with Crippen molar-refractivity contribution in [2.75, 3.05) is 5.43 Å². The Morgan fingerprint density at radius 3 is 2.61 bits per heavy atom. The molecule has 0 amide bonds. The lowest BCUT2D eigenvalue weighted by molar-refractivity contribution is 0.866. The fourth-order valence-electron chi connectivity index (χ4n) is 2.36. The van der Waals surface area contributed by atoms with Crippen LogP contribution >= 0.6 is 11.6 Å². The van der Waals surface area contributed by atoms with Crippen LogP contribution in [-0.4, -0.2) is 11.2 Å². The minimum absolute atomic E-state index is 0.536. The van der Waals surface area contributed by atoms with Gasteiger partial charge < -0.3 is 0 Å². The molecule has 2 aromatic carbocycles. The molecule has 3 aromatic rings. The van der Waals surface area contributed by atoms with Crippen molar-refractivity contribution in [3.05, 3.63) is 70.9 Å². The van der Waals surface area contributed by atoms with Crippen LogP contribution in [0, 0.1) is 0 Å².